The maximum atomic E-state index is 11.9. The van der Waals surface area contributed by atoms with E-state index < -0.39 is 11.7 Å². The van der Waals surface area contributed by atoms with Crippen molar-refractivity contribution in [2.75, 3.05) is 26.7 Å². The van der Waals surface area contributed by atoms with Crippen molar-refractivity contribution >= 4 is 17.9 Å². The minimum atomic E-state index is -0.557. The highest BCUT2D eigenvalue weighted by Gasteiger charge is 2.28. The summed E-state index contributed by atoms with van der Waals surface area (Å²) in [5, 5.41) is 5.46. The van der Waals surface area contributed by atoms with E-state index >= 15 is 0 Å². The van der Waals surface area contributed by atoms with E-state index in [1.54, 1.807) is 33.9 Å². The molecule has 1 atom stereocenters. The summed E-state index contributed by atoms with van der Waals surface area (Å²) in [6.07, 6.45) is 3.65. The quantitative estimate of drug-likeness (QED) is 0.796. The molecule has 0 spiro atoms. The molecule has 2 rings (SSSR count). The van der Waals surface area contributed by atoms with Gasteiger partial charge < -0.3 is 25.0 Å². The molecule has 1 aliphatic heterocycles. The highest BCUT2D eigenvalue weighted by atomic mass is 16.6. The van der Waals surface area contributed by atoms with Crippen LogP contribution in [0.2, 0.25) is 0 Å². The van der Waals surface area contributed by atoms with E-state index in [-0.39, 0.29) is 31.0 Å². The molecule has 0 aromatic heterocycles. The number of urea groups is 1. The first kappa shape index (κ1) is 18.8. The number of nitrogens with zero attached hydrogens (tertiary/aromatic N) is 1. The number of carbonyl (C=O) groups excluding carboxylic acids is 3. The number of allylic oxidation sites excluding steroid dienone is 1. The molecule has 2 aliphatic rings. The molecule has 3 amide bonds. The lowest BCUT2D eigenvalue weighted by molar-refractivity contribution is -0.115. The zero-order chi connectivity index (χ0) is 18.6. The normalized spacial score (nSPS) is 19.2. The summed E-state index contributed by atoms with van der Waals surface area (Å²) in [5.41, 5.74) is -0.0283. The van der Waals surface area contributed by atoms with Crippen LogP contribution in [0.1, 0.15) is 27.2 Å². The van der Waals surface area contributed by atoms with Crippen LogP contribution in [0.3, 0.4) is 0 Å². The third-order valence-electron chi connectivity index (χ3n) is 3.60. The van der Waals surface area contributed by atoms with Crippen molar-refractivity contribution in [1.29, 1.82) is 0 Å². The molecule has 1 fully saturated rings. The Morgan fingerprint density at radius 2 is 2.12 bits per heavy atom. The molecule has 8 heteroatoms. The van der Waals surface area contributed by atoms with Gasteiger partial charge in [0, 0.05) is 20.1 Å². The van der Waals surface area contributed by atoms with E-state index in [4.69, 9.17) is 9.47 Å². The van der Waals surface area contributed by atoms with Gasteiger partial charge in [-0.2, -0.15) is 0 Å². The summed E-state index contributed by atoms with van der Waals surface area (Å²) < 4.78 is 10.5. The molecule has 1 unspecified atom stereocenters. The second kappa shape index (κ2) is 7.58. The van der Waals surface area contributed by atoms with Gasteiger partial charge in [-0.25, -0.2) is 9.59 Å². The number of likely N-dealkylation sites (N-methyl/N-ethyl adjacent to an activating group) is 1. The average Bonchev–Trinajstić information content (AvgIpc) is 2.86. The van der Waals surface area contributed by atoms with Gasteiger partial charge in [-0.05, 0) is 39.3 Å². The van der Waals surface area contributed by atoms with E-state index in [1.807, 2.05) is 6.08 Å². The van der Waals surface area contributed by atoms with Crippen molar-refractivity contribution in [1.82, 2.24) is 15.5 Å². The number of ketones is 1. The number of carbonyl (C=O) groups is 3. The average molecular weight is 351 g/mol. The number of hydrogen-bond donors (Lipinski definition) is 2. The van der Waals surface area contributed by atoms with E-state index in [0.717, 1.165) is 0 Å². The van der Waals surface area contributed by atoms with Crippen LogP contribution >= 0.6 is 0 Å². The van der Waals surface area contributed by atoms with Crippen LogP contribution in [-0.4, -0.2) is 61.2 Å². The van der Waals surface area contributed by atoms with Crippen LogP contribution < -0.4 is 10.6 Å². The topological polar surface area (TPSA) is 97.0 Å². The van der Waals surface area contributed by atoms with E-state index in [0.29, 0.717) is 24.3 Å². The largest absolute Gasteiger partial charge is 0.485 e. The second-order valence-corrected chi connectivity index (χ2v) is 7.00. The highest BCUT2D eigenvalue weighted by molar-refractivity contribution is 6.02. The van der Waals surface area contributed by atoms with Gasteiger partial charge in [0.15, 0.2) is 6.61 Å². The van der Waals surface area contributed by atoms with Crippen LogP contribution in [0.15, 0.2) is 23.5 Å². The first-order valence-electron chi connectivity index (χ1n) is 8.22. The number of nitrogens with one attached hydrogen (secondary N) is 2. The number of amides is 3. The van der Waals surface area contributed by atoms with Crippen molar-refractivity contribution in [2.45, 2.75) is 38.8 Å². The summed E-state index contributed by atoms with van der Waals surface area (Å²) in [4.78, 5) is 36.8. The zero-order valence-electron chi connectivity index (χ0n) is 15.0. The molecule has 0 saturated carbocycles. The van der Waals surface area contributed by atoms with Crippen LogP contribution in [-0.2, 0) is 14.3 Å². The maximum Gasteiger partial charge on any atom is 0.410 e. The van der Waals surface area contributed by atoms with Crippen LogP contribution in [0.25, 0.3) is 0 Å². The molecule has 138 valence electrons. The molecule has 1 heterocycles. The van der Waals surface area contributed by atoms with Gasteiger partial charge in [0.1, 0.15) is 11.4 Å². The fraction of sp³-hybridized carbons (Fsp3) is 0.588. The Balaban J connectivity index is 1.71. The fourth-order valence-corrected chi connectivity index (χ4v) is 2.37. The van der Waals surface area contributed by atoms with Crippen LogP contribution in [0.4, 0.5) is 9.59 Å². The Kier molecular flexibility index (Phi) is 5.71. The summed E-state index contributed by atoms with van der Waals surface area (Å²) in [6, 6.07) is -0.615. The SMILES string of the molecule is CN(CCNC(=O)NC1C=C2C(=O)COC2=CC1)C(=O)OC(C)(C)C. The molecule has 0 aromatic carbocycles. The van der Waals surface area contributed by atoms with Gasteiger partial charge in [0.05, 0.1) is 11.6 Å². The highest BCUT2D eigenvalue weighted by Crippen LogP contribution is 2.26. The molecule has 25 heavy (non-hydrogen) atoms. The predicted octanol–water partition coefficient (Wildman–Crippen LogP) is 1.33. The monoisotopic (exact) mass is 351 g/mol. The minimum absolute atomic E-state index is 0.0631. The second-order valence-electron chi connectivity index (χ2n) is 7.00. The van der Waals surface area contributed by atoms with Crippen LogP contribution in [0, 0.1) is 0 Å². The van der Waals surface area contributed by atoms with Gasteiger partial charge in [0.25, 0.3) is 0 Å². The lowest BCUT2D eigenvalue weighted by Gasteiger charge is -2.25. The van der Waals surface area contributed by atoms with E-state index in [9.17, 15) is 14.4 Å². The third kappa shape index (κ3) is 5.51. The van der Waals surface area contributed by atoms with Crippen molar-refractivity contribution in [3.8, 4) is 0 Å². The summed E-state index contributed by atoms with van der Waals surface area (Å²) in [6.45, 7) is 6.06. The number of ether oxygens (including phenoxy) is 2. The Labute approximate surface area is 147 Å². The van der Waals surface area contributed by atoms with E-state index in [2.05, 4.69) is 10.6 Å². The molecular weight excluding hydrogens is 326 g/mol. The summed E-state index contributed by atoms with van der Waals surface area (Å²) in [5.74, 6) is 0.527. The first-order valence-corrected chi connectivity index (χ1v) is 8.22. The molecule has 1 saturated heterocycles. The molecule has 1 aliphatic carbocycles. The van der Waals surface area contributed by atoms with Gasteiger partial charge in [-0.15, -0.1) is 0 Å². The predicted molar refractivity (Wildman–Crippen MR) is 90.9 cm³/mol. The lowest BCUT2D eigenvalue weighted by atomic mass is 10.00. The van der Waals surface area contributed by atoms with Crippen molar-refractivity contribution in [2.24, 2.45) is 0 Å². The third-order valence-corrected chi connectivity index (χ3v) is 3.60. The molecular formula is C17H25N3O5. The zero-order valence-corrected chi connectivity index (χ0v) is 15.0. The van der Waals surface area contributed by atoms with Crippen molar-refractivity contribution in [3.05, 3.63) is 23.5 Å². The van der Waals surface area contributed by atoms with Gasteiger partial charge in [0.2, 0.25) is 5.78 Å². The van der Waals surface area contributed by atoms with E-state index in [1.165, 1.54) is 4.90 Å². The number of fused-ring (bicyclic) bond motifs is 1. The maximum absolute atomic E-state index is 11.9. The molecule has 0 aromatic rings. The van der Waals surface area contributed by atoms with Crippen LogP contribution in [0.5, 0.6) is 0 Å². The molecule has 0 bridgehead atoms. The number of hydrogen-bond acceptors (Lipinski definition) is 5. The standard InChI is InChI=1S/C17H25N3O5/c1-17(2,3)25-16(23)20(4)8-7-18-15(22)19-11-5-6-14-12(9-11)13(21)10-24-14/h6,9,11H,5,7-8,10H2,1-4H3,(H2,18,19,22). The smallest absolute Gasteiger partial charge is 0.410 e. The molecule has 8 nitrogen and oxygen atoms in total. The van der Waals surface area contributed by atoms with Gasteiger partial charge in [-0.1, -0.05) is 0 Å². The Hall–Kier alpha value is -2.51. The number of rotatable bonds is 4. The fourth-order valence-electron chi connectivity index (χ4n) is 2.37. The number of Topliss-reactive ketones (excluding diaryl/α,β-unsaturated/α-hetero) is 1. The molecule has 0 radical (unpaired) electrons. The minimum Gasteiger partial charge on any atom is -0.485 e. The lowest BCUT2D eigenvalue weighted by Crippen LogP contribution is -2.45. The summed E-state index contributed by atoms with van der Waals surface area (Å²) >= 11 is 0. The van der Waals surface area contributed by atoms with Gasteiger partial charge in [-0.3, -0.25) is 4.79 Å². The molecule has 2 N–H and O–H groups in total. The van der Waals surface area contributed by atoms with Gasteiger partial charge >= 0.3 is 12.1 Å². The van der Waals surface area contributed by atoms with Crippen molar-refractivity contribution < 1.29 is 23.9 Å². The Morgan fingerprint density at radius 3 is 2.80 bits per heavy atom. The van der Waals surface area contributed by atoms with Crippen molar-refractivity contribution in [3.63, 3.8) is 0 Å². The summed E-state index contributed by atoms with van der Waals surface area (Å²) in [7, 11) is 1.61. The Morgan fingerprint density at radius 1 is 1.40 bits per heavy atom. The first-order chi connectivity index (χ1) is 11.7. The Bertz CT molecular complexity index is 618.